The van der Waals surface area contributed by atoms with Crippen LogP contribution in [0.3, 0.4) is 0 Å². The lowest BCUT2D eigenvalue weighted by Crippen LogP contribution is -2.33. The van der Waals surface area contributed by atoms with Crippen LogP contribution in [0.5, 0.6) is 0 Å². The second kappa shape index (κ2) is 8.60. The lowest BCUT2D eigenvalue weighted by Gasteiger charge is -2.22. The van der Waals surface area contributed by atoms with E-state index in [2.05, 4.69) is 6.92 Å². The first-order valence-corrected chi connectivity index (χ1v) is 10.4. The van der Waals surface area contributed by atoms with Gasteiger partial charge in [-0.2, -0.15) is 5.10 Å². The van der Waals surface area contributed by atoms with E-state index < -0.39 is 0 Å². The van der Waals surface area contributed by atoms with Gasteiger partial charge in [-0.3, -0.25) is 4.79 Å². The molecule has 0 aliphatic heterocycles. The lowest BCUT2D eigenvalue weighted by atomic mass is 9.95. The summed E-state index contributed by atoms with van der Waals surface area (Å²) < 4.78 is 15.2. The minimum atomic E-state index is -0.277. The van der Waals surface area contributed by atoms with Crippen LogP contribution >= 0.6 is 0 Å². The highest BCUT2D eigenvalue weighted by molar-refractivity contribution is 6.06. The summed E-state index contributed by atoms with van der Waals surface area (Å²) in [6.07, 6.45) is 5.82. The van der Waals surface area contributed by atoms with E-state index in [1.807, 2.05) is 39.9 Å². The van der Waals surface area contributed by atoms with Crippen LogP contribution in [0.1, 0.15) is 54.4 Å². The van der Waals surface area contributed by atoms with Crippen LogP contribution < -0.4 is 4.90 Å². The number of para-hydroxylation sites is 1. The minimum Gasteiger partial charge on any atom is -0.307 e. The van der Waals surface area contributed by atoms with Crippen molar-refractivity contribution in [2.75, 3.05) is 11.4 Å². The molecule has 2 aromatic carbocycles. The van der Waals surface area contributed by atoms with Crippen LogP contribution in [0.15, 0.2) is 54.6 Å². The van der Waals surface area contributed by atoms with Gasteiger partial charge in [0.15, 0.2) is 5.69 Å². The predicted molar refractivity (Wildman–Crippen MR) is 113 cm³/mol. The SMILES string of the molecule is CCCCN(C(=O)c1nn(-c2ccc(F)cc2)c2c1CCCC2)c1ccccc1. The van der Waals surface area contributed by atoms with Crippen LogP contribution in [0.25, 0.3) is 5.69 Å². The molecule has 0 atom stereocenters. The zero-order valence-electron chi connectivity index (χ0n) is 16.8. The molecule has 1 aliphatic rings. The minimum absolute atomic E-state index is 0.0522. The van der Waals surface area contributed by atoms with Crippen LogP contribution in [0, 0.1) is 5.82 Å². The largest absolute Gasteiger partial charge is 0.307 e. The molecule has 0 saturated heterocycles. The number of carbonyl (C=O) groups is 1. The van der Waals surface area contributed by atoms with Gasteiger partial charge in [0.1, 0.15) is 5.82 Å². The highest BCUT2D eigenvalue weighted by Crippen LogP contribution is 2.29. The van der Waals surface area contributed by atoms with E-state index in [0.29, 0.717) is 12.2 Å². The van der Waals surface area contributed by atoms with E-state index in [1.54, 1.807) is 12.1 Å². The van der Waals surface area contributed by atoms with E-state index >= 15 is 0 Å². The molecule has 3 aromatic rings. The molecule has 1 heterocycles. The third-order valence-corrected chi connectivity index (χ3v) is 5.50. The van der Waals surface area contributed by atoms with Crippen molar-refractivity contribution >= 4 is 11.6 Å². The van der Waals surface area contributed by atoms with Crippen LogP contribution in [0.4, 0.5) is 10.1 Å². The summed E-state index contributed by atoms with van der Waals surface area (Å²) in [6, 6.07) is 16.1. The highest BCUT2D eigenvalue weighted by atomic mass is 19.1. The standard InChI is InChI=1S/C24H26FN3O/c1-2-3-17-27(19-9-5-4-6-10-19)24(29)23-21-11-7-8-12-22(21)28(26-23)20-15-13-18(25)14-16-20/h4-6,9-10,13-16H,2-3,7-8,11-12,17H2,1H3. The molecule has 4 rings (SSSR count). The van der Waals surface area contributed by atoms with Crippen molar-refractivity contribution in [3.63, 3.8) is 0 Å². The summed E-state index contributed by atoms with van der Waals surface area (Å²) in [5.41, 5.74) is 4.34. The van der Waals surface area contributed by atoms with E-state index in [1.165, 1.54) is 12.1 Å². The monoisotopic (exact) mass is 391 g/mol. The van der Waals surface area contributed by atoms with Crippen molar-refractivity contribution in [2.24, 2.45) is 0 Å². The van der Waals surface area contributed by atoms with E-state index in [4.69, 9.17) is 5.10 Å². The Balaban J connectivity index is 1.76. The van der Waals surface area contributed by atoms with Gasteiger partial charge in [-0.15, -0.1) is 0 Å². The van der Waals surface area contributed by atoms with E-state index in [-0.39, 0.29) is 11.7 Å². The molecule has 1 aliphatic carbocycles. The second-order valence-electron chi connectivity index (χ2n) is 7.52. The Morgan fingerprint density at radius 3 is 2.52 bits per heavy atom. The second-order valence-corrected chi connectivity index (χ2v) is 7.52. The van der Waals surface area contributed by atoms with Gasteiger partial charge in [0, 0.05) is 23.5 Å². The number of fused-ring (bicyclic) bond motifs is 1. The fraction of sp³-hybridized carbons (Fsp3) is 0.333. The van der Waals surface area contributed by atoms with E-state index in [9.17, 15) is 9.18 Å². The Bertz CT molecular complexity index is 979. The summed E-state index contributed by atoms with van der Waals surface area (Å²) in [5.74, 6) is -0.329. The highest BCUT2D eigenvalue weighted by Gasteiger charge is 2.29. The number of hydrogen-bond acceptors (Lipinski definition) is 2. The molecule has 1 amide bonds. The van der Waals surface area contributed by atoms with Crippen molar-refractivity contribution in [1.29, 1.82) is 0 Å². The fourth-order valence-corrected chi connectivity index (χ4v) is 3.97. The van der Waals surface area contributed by atoms with Crippen molar-refractivity contribution in [2.45, 2.75) is 45.4 Å². The first kappa shape index (κ1) is 19.4. The average Bonchev–Trinajstić information content (AvgIpc) is 3.15. The Labute approximate surface area is 171 Å². The molecule has 150 valence electrons. The molecule has 0 N–H and O–H groups in total. The van der Waals surface area contributed by atoms with Gasteiger partial charge < -0.3 is 4.90 Å². The number of aromatic nitrogens is 2. The Morgan fingerprint density at radius 1 is 1.07 bits per heavy atom. The normalized spacial score (nSPS) is 13.2. The Hall–Kier alpha value is -2.95. The summed E-state index contributed by atoms with van der Waals surface area (Å²) in [5, 5.41) is 4.75. The molecule has 0 bridgehead atoms. The average molecular weight is 391 g/mol. The van der Waals surface area contributed by atoms with Gasteiger partial charge in [0.25, 0.3) is 5.91 Å². The number of nitrogens with zero attached hydrogens (tertiary/aromatic N) is 3. The molecule has 0 saturated carbocycles. The van der Waals surface area contributed by atoms with Crippen LogP contribution in [-0.2, 0) is 12.8 Å². The maximum Gasteiger partial charge on any atom is 0.279 e. The summed E-state index contributed by atoms with van der Waals surface area (Å²) in [4.78, 5) is 15.5. The summed E-state index contributed by atoms with van der Waals surface area (Å²) >= 11 is 0. The molecular formula is C24H26FN3O. The molecule has 5 heteroatoms. The van der Waals surface area contributed by atoms with Crippen LogP contribution in [-0.4, -0.2) is 22.2 Å². The van der Waals surface area contributed by atoms with Gasteiger partial charge in [-0.05, 0) is 68.5 Å². The van der Waals surface area contributed by atoms with Crippen molar-refractivity contribution < 1.29 is 9.18 Å². The number of benzene rings is 2. The number of unbranched alkanes of at least 4 members (excludes halogenated alkanes) is 1. The number of halogens is 1. The number of amides is 1. The number of hydrogen-bond donors (Lipinski definition) is 0. The zero-order valence-corrected chi connectivity index (χ0v) is 16.8. The Morgan fingerprint density at radius 2 is 1.79 bits per heavy atom. The first-order valence-electron chi connectivity index (χ1n) is 10.4. The maximum absolute atomic E-state index is 13.6. The first-order chi connectivity index (χ1) is 14.2. The van der Waals surface area contributed by atoms with Gasteiger partial charge in [0.2, 0.25) is 0 Å². The van der Waals surface area contributed by atoms with Gasteiger partial charge in [-0.1, -0.05) is 31.5 Å². The molecular weight excluding hydrogens is 365 g/mol. The summed E-state index contributed by atoms with van der Waals surface area (Å²) in [6.45, 7) is 2.79. The fourth-order valence-electron chi connectivity index (χ4n) is 3.97. The van der Waals surface area contributed by atoms with Gasteiger partial charge >= 0.3 is 0 Å². The van der Waals surface area contributed by atoms with E-state index in [0.717, 1.165) is 61.2 Å². The molecule has 4 nitrogen and oxygen atoms in total. The quantitative estimate of drug-likeness (QED) is 0.569. The molecule has 0 spiro atoms. The van der Waals surface area contributed by atoms with Gasteiger partial charge in [-0.25, -0.2) is 9.07 Å². The number of rotatable bonds is 6. The molecule has 29 heavy (non-hydrogen) atoms. The Kier molecular flexibility index (Phi) is 5.74. The lowest BCUT2D eigenvalue weighted by molar-refractivity contribution is 0.0980. The third-order valence-electron chi connectivity index (χ3n) is 5.50. The number of anilines is 1. The van der Waals surface area contributed by atoms with Crippen molar-refractivity contribution in [3.8, 4) is 5.69 Å². The molecule has 0 unspecified atom stereocenters. The summed E-state index contributed by atoms with van der Waals surface area (Å²) in [7, 11) is 0. The molecule has 0 fully saturated rings. The zero-order chi connectivity index (χ0) is 20.2. The van der Waals surface area contributed by atoms with Crippen LogP contribution in [0.2, 0.25) is 0 Å². The van der Waals surface area contributed by atoms with Gasteiger partial charge in [0.05, 0.1) is 5.69 Å². The predicted octanol–water partition coefficient (Wildman–Crippen LogP) is 5.34. The smallest absolute Gasteiger partial charge is 0.279 e. The maximum atomic E-state index is 13.6. The van der Waals surface area contributed by atoms with Crippen molar-refractivity contribution in [1.82, 2.24) is 9.78 Å². The molecule has 1 aromatic heterocycles. The number of carbonyl (C=O) groups excluding carboxylic acids is 1. The van der Waals surface area contributed by atoms with Crippen molar-refractivity contribution in [3.05, 3.63) is 77.4 Å². The topological polar surface area (TPSA) is 38.1 Å². The molecule has 0 radical (unpaired) electrons. The third kappa shape index (κ3) is 3.95.